The van der Waals surface area contributed by atoms with Gasteiger partial charge in [-0.1, -0.05) is 30.3 Å². The minimum Gasteiger partial charge on any atom is -0.462 e. The molecule has 5 nitrogen and oxygen atoms in total. The van der Waals surface area contributed by atoms with Crippen LogP contribution >= 0.6 is 0 Å². The summed E-state index contributed by atoms with van der Waals surface area (Å²) in [6.07, 6.45) is 1.74. The number of benzene rings is 1. The third-order valence-electron chi connectivity index (χ3n) is 3.23. The molecule has 1 heterocycles. The smallest absolute Gasteiger partial charge is 0.377 e. The molecule has 1 aromatic heterocycles. The Hall–Kier alpha value is -2.57. The fourth-order valence-electron chi connectivity index (χ4n) is 2.03. The number of nitrogens with zero attached hydrogens (tertiary/aromatic N) is 2. The molecule has 7 heteroatoms. The van der Waals surface area contributed by atoms with Gasteiger partial charge in [0.15, 0.2) is 0 Å². The van der Waals surface area contributed by atoms with Gasteiger partial charge in [-0.25, -0.2) is 9.78 Å². The van der Waals surface area contributed by atoms with Crippen molar-refractivity contribution in [1.29, 1.82) is 0 Å². The zero-order chi connectivity index (χ0) is 16.9. The fourth-order valence-corrected chi connectivity index (χ4v) is 2.03. The van der Waals surface area contributed by atoms with Crippen LogP contribution in [0.2, 0.25) is 0 Å². The summed E-state index contributed by atoms with van der Waals surface area (Å²) in [4.78, 5) is 27.4. The molecule has 0 radical (unpaired) electrons. The van der Waals surface area contributed by atoms with Gasteiger partial charge in [-0.2, -0.15) is 8.78 Å². The lowest BCUT2D eigenvalue weighted by atomic mass is 10.1. The van der Waals surface area contributed by atoms with Crippen LogP contribution in [0.4, 0.5) is 8.78 Å². The molecular formula is C16H16F2N2O3. The fraction of sp³-hybridized carbons (Fsp3) is 0.312. The monoisotopic (exact) mass is 322 g/mol. The van der Waals surface area contributed by atoms with Crippen LogP contribution in [0.25, 0.3) is 11.1 Å². The molecule has 1 aromatic carbocycles. The Balaban J connectivity index is 2.19. The Bertz CT molecular complexity index is 730. The van der Waals surface area contributed by atoms with Gasteiger partial charge in [-0.15, -0.1) is 0 Å². The number of hydrogen-bond donors (Lipinski definition) is 0. The summed E-state index contributed by atoms with van der Waals surface area (Å²) >= 11 is 0. The van der Waals surface area contributed by atoms with Crippen LogP contribution < -0.4 is 5.56 Å². The molecule has 0 bridgehead atoms. The molecule has 0 N–H and O–H groups in total. The summed E-state index contributed by atoms with van der Waals surface area (Å²) in [5.74, 6) is -5.22. The zero-order valence-corrected chi connectivity index (χ0v) is 12.5. The van der Waals surface area contributed by atoms with Crippen molar-refractivity contribution in [1.82, 2.24) is 9.55 Å². The van der Waals surface area contributed by atoms with Gasteiger partial charge in [0.05, 0.1) is 18.5 Å². The molecule has 0 aliphatic carbocycles. The molecule has 0 saturated heterocycles. The predicted octanol–water partition coefficient (Wildman–Crippen LogP) is 2.50. The molecule has 0 atom stereocenters. The van der Waals surface area contributed by atoms with Gasteiger partial charge in [-0.3, -0.25) is 9.36 Å². The van der Waals surface area contributed by atoms with Crippen molar-refractivity contribution < 1.29 is 18.3 Å². The molecule has 0 aliphatic heterocycles. The first-order chi connectivity index (χ1) is 11.0. The Morgan fingerprint density at radius 3 is 2.65 bits per heavy atom. The van der Waals surface area contributed by atoms with Crippen molar-refractivity contribution in [3.63, 3.8) is 0 Å². The third kappa shape index (κ3) is 4.00. The highest BCUT2D eigenvalue weighted by atomic mass is 19.3. The number of aryl methyl sites for hydroxylation is 1. The van der Waals surface area contributed by atoms with Crippen molar-refractivity contribution in [3.05, 3.63) is 53.2 Å². The zero-order valence-electron chi connectivity index (χ0n) is 12.5. The Morgan fingerprint density at radius 1 is 1.30 bits per heavy atom. The highest BCUT2D eigenvalue weighted by molar-refractivity contribution is 5.77. The quantitative estimate of drug-likeness (QED) is 0.767. The van der Waals surface area contributed by atoms with Crippen LogP contribution in [0.3, 0.4) is 0 Å². The molecule has 23 heavy (non-hydrogen) atoms. The second-order valence-corrected chi connectivity index (χ2v) is 4.85. The molecule has 0 unspecified atom stereocenters. The molecule has 0 aliphatic rings. The van der Waals surface area contributed by atoms with Gasteiger partial charge in [0.2, 0.25) is 0 Å². The van der Waals surface area contributed by atoms with Gasteiger partial charge in [0, 0.05) is 19.2 Å². The molecule has 0 amide bonds. The van der Waals surface area contributed by atoms with Crippen LogP contribution in [0, 0.1) is 0 Å². The number of aromatic nitrogens is 2. The molecule has 122 valence electrons. The molecule has 2 rings (SSSR count). The number of alkyl halides is 2. The lowest BCUT2D eigenvalue weighted by Gasteiger charge is -2.15. The molecule has 0 fully saturated rings. The van der Waals surface area contributed by atoms with E-state index in [1.54, 1.807) is 30.3 Å². The summed E-state index contributed by atoms with van der Waals surface area (Å²) in [5, 5.41) is 0. The number of ether oxygens (including phenoxy) is 1. The Labute approximate surface area is 131 Å². The SMILES string of the molecule is CCOC(=O)C(F)(F)CCn1cncc(-c2ccccc2)c1=O. The van der Waals surface area contributed by atoms with E-state index < -0.39 is 23.9 Å². The van der Waals surface area contributed by atoms with Crippen LogP contribution in [0.15, 0.2) is 47.7 Å². The third-order valence-corrected chi connectivity index (χ3v) is 3.23. The van der Waals surface area contributed by atoms with Gasteiger partial charge in [-0.05, 0) is 12.5 Å². The van der Waals surface area contributed by atoms with Crippen molar-refractivity contribution in [2.24, 2.45) is 0 Å². The van der Waals surface area contributed by atoms with Gasteiger partial charge in [0.1, 0.15) is 0 Å². The summed E-state index contributed by atoms with van der Waals surface area (Å²) in [6.45, 7) is 0.990. The average molecular weight is 322 g/mol. The van der Waals surface area contributed by atoms with Crippen molar-refractivity contribution >= 4 is 5.97 Å². The summed E-state index contributed by atoms with van der Waals surface area (Å²) < 4.78 is 32.7. The van der Waals surface area contributed by atoms with E-state index in [4.69, 9.17) is 0 Å². The maximum atomic E-state index is 13.6. The first-order valence-corrected chi connectivity index (χ1v) is 7.10. The number of carbonyl (C=O) groups is 1. The van der Waals surface area contributed by atoms with Gasteiger partial charge in [0.25, 0.3) is 5.56 Å². The largest absolute Gasteiger partial charge is 0.462 e. The molecule has 0 spiro atoms. The summed E-state index contributed by atoms with van der Waals surface area (Å²) in [5.41, 5.74) is 0.523. The number of hydrogen-bond acceptors (Lipinski definition) is 4. The van der Waals surface area contributed by atoms with E-state index in [0.29, 0.717) is 11.1 Å². The van der Waals surface area contributed by atoms with Gasteiger partial charge < -0.3 is 4.74 Å². The van der Waals surface area contributed by atoms with Crippen LogP contribution in [0.5, 0.6) is 0 Å². The lowest BCUT2D eigenvalue weighted by Crippen LogP contribution is -2.34. The number of esters is 1. The average Bonchev–Trinajstić information content (AvgIpc) is 2.55. The van der Waals surface area contributed by atoms with E-state index in [9.17, 15) is 18.4 Å². The first kappa shape index (κ1) is 16.8. The Kier molecular flexibility index (Phi) is 5.20. The molecular weight excluding hydrogens is 306 g/mol. The van der Waals surface area contributed by atoms with Crippen LogP contribution in [-0.2, 0) is 16.1 Å². The Morgan fingerprint density at radius 2 is 2.00 bits per heavy atom. The second kappa shape index (κ2) is 7.13. The number of rotatable bonds is 6. The lowest BCUT2D eigenvalue weighted by molar-refractivity contribution is -0.172. The maximum absolute atomic E-state index is 13.6. The number of carbonyl (C=O) groups excluding carboxylic acids is 1. The van der Waals surface area contributed by atoms with E-state index in [2.05, 4.69) is 9.72 Å². The van der Waals surface area contributed by atoms with E-state index in [1.807, 2.05) is 0 Å². The second-order valence-electron chi connectivity index (χ2n) is 4.85. The predicted molar refractivity (Wildman–Crippen MR) is 80.1 cm³/mol. The van der Waals surface area contributed by atoms with E-state index in [1.165, 1.54) is 19.4 Å². The summed E-state index contributed by atoms with van der Waals surface area (Å²) in [6, 6.07) is 8.80. The standard InChI is InChI=1S/C16H16F2N2O3/c1-2-23-15(22)16(17,18)8-9-20-11-19-10-13(14(20)21)12-6-4-3-5-7-12/h3-7,10-11H,2,8-9H2,1H3. The van der Waals surface area contributed by atoms with Crippen LogP contribution in [0.1, 0.15) is 13.3 Å². The number of halogens is 2. The minimum absolute atomic E-state index is 0.126. The first-order valence-electron chi connectivity index (χ1n) is 7.10. The normalized spacial score (nSPS) is 11.3. The molecule has 2 aromatic rings. The van der Waals surface area contributed by atoms with E-state index >= 15 is 0 Å². The van der Waals surface area contributed by atoms with Crippen molar-refractivity contribution in [3.8, 4) is 11.1 Å². The maximum Gasteiger partial charge on any atom is 0.377 e. The minimum atomic E-state index is -3.64. The van der Waals surface area contributed by atoms with E-state index in [0.717, 1.165) is 4.57 Å². The molecule has 0 saturated carbocycles. The highest BCUT2D eigenvalue weighted by Gasteiger charge is 2.40. The van der Waals surface area contributed by atoms with Crippen molar-refractivity contribution in [2.75, 3.05) is 6.61 Å². The van der Waals surface area contributed by atoms with Crippen molar-refractivity contribution in [2.45, 2.75) is 25.8 Å². The highest BCUT2D eigenvalue weighted by Crippen LogP contribution is 2.21. The van der Waals surface area contributed by atoms with Gasteiger partial charge >= 0.3 is 11.9 Å². The van der Waals surface area contributed by atoms with Crippen LogP contribution in [-0.4, -0.2) is 28.0 Å². The van der Waals surface area contributed by atoms with E-state index in [-0.39, 0.29) is 13.2 Å². The summed E-state index contributed by atoms with van der Waals surface area (Å²) in [7, 11) is 0. The topological polar surface area (TPSA) is 61.2 Å².